The number of carbonyl (C=O) groups is 1. The fourth-order valence-electron chi connectivity index (χ4n) is 2.22. The van der Waals surface area contributed by atoms with Gasteiger partial charge in [-0.2, -0.15) is 0 Å². The molecule has 2 amide bonds. The van der Waals surface area contributed by atoms with Gasteiger partial charge in [-0.3, -0.25) is 0 Å². The summed E-state index contributed by atoms with van der Waals surface area (Å²) in [5, 5.41) is 14.4. The third kappa shape index (κ3) is 4.81. The molecule has 1 fully saturated rings. The average Bonchev–Trinajstić information content (AvgIpc) is 2.40. The highest BCUT2D eigenvalue weighted by Gasteiger charge is 2.18. The van der Waals surface area contributed by atoms with Gasteiger partial charge in [0.15, 0.2) is 0 Å². The molecule has 1 saturated carbocycles. The van der Waals surface area contributed by atoms with Gasteiger partial charge in [-0.05, 0) is 19.8 Å². The monoisotopic (exact) mass is 256 g/mol. The van der Waals surface area contributed by atoms with E-state index in [1.165, 1.54) is 19.3 Å². The number of hydrogen-bond acceptors (Lipinski definition) is 3. The van der Waals surface area contributed by atoms with Gasteiger partial charge in [-0.25, -0.2) is 4.79 Å². The second-order valence-corrected chi connectivity index (χ2v) is 4.71. The molecule has 0 aliphatic heterocycles. The normalized spacial score (nSPS) is 17.5. The predicted molar refractivity (Wildman–Crippen MR) is 70.7 cm³/mol. The number of amidine groups is 1. The molecule has 0 aromatic carbocycles. The molecule has 6 nitrogen and oxygen atoms in total. The quantitative estimate of drug-likeness (QED) is 0.301. The number of rotatable bonds is 5. The highest BCUT2D eigenvalue weighted by atomic mass is 16.4. The molecule has 18 heavy (non-hydrogen) atoms. The van der Waals surface area contributed by atoms with Crippen LogP contribution in [0, 0.1) is 0 Å². The molecule has 0 aromatic heterocycles. The molecule has 0 saturated heterocycles. The first-order valence-corrected chi connectivity index (χ1v) is 6.69. The standard InChI is InChI=1S/C12H24N4O2/c1-2-16(9-8-11(13)15-18)12(17)14-10-6-4-3-5-7-10/h10,18H,2-9H2,1H3,(H2,13,15)(H,14,17). The molecule has 104 valence electrons. The van der Waals surface area contributed by atoms with Gasteiger partial charge in [0.1, 0.15) is 5.84 Å². The third-order valence-electron chi connectivity index (χ3n) is 3.37. The first-order valence-electron chi connectivity index (χ1n) is 6.69. The summed E-state index contributed by atoms with van der Waals surface area (Å²) in [7, 11) is 0. The Kier molecular flexibility index (Phi) is 6.32. The number of hydrogen-bond donors (Lipinski definition) is 3. The Morgan fingerprint density at radius 2 is 2.11 bits per heavy atom. The van der Waals surface area contributed by atoms with Crippen molar-refractivity contribution in [3.8, 4) is 0 Å². The Labute approximate surface area is 108 Å². The maximum atomic E-state index is 12.0. The van der Waals surface area contributed by atoms with Gasteiger partial charge in [0.05, 0.1) is 0 Å². The smallest absolute Gasteiger partial charge is 0.317 e. The summed E-state index contributed by atoms with van der Waals surface area (Å²) in [6.45, 7) is 3.02. The molecular weight excluding hydrogens is 232 g/mol. The summed E-state index contributed by atoms with van der Waals surface area (Å²) in [4.78, 5) is 13.7. The van der Waals surface area contributed by atoms with Crippen LogP contribution >= 0.6 is 0 Å². The van der Waals surface area contributed by atoms with Crippen molar-refractivity contribution < 1.29 is 10.0 Å². The summed E-state index contributed by atoms with van der Waals surface area (Å²) in [5.74, 6) is 0.152. The van der Waals surface area contributed by atoms with E-state index in [0.717, 1.165) is 12.8 Å². The molecule has 6 heteroatoms. The van der Waals surface area contributed by atoms with Gasteiger partial charge >= 0.3 is 6.03 Å². The van der Waals surface area contributed by atoms with Gasteiger partial charge in [0, 0.05) is 25.6 Å². The Bertz CT molecular complexity index is 288. The lowest BCUT2D eigenvalue weighted by atomic mass is 9.96. The van der Waals surface area contributed by atoms with Crippen molar-refractivity contribution in [3.63, 3.8) is 0 Å². The van der Waals surface area contributed by atoms with E-state index in [-0.39, 0.29) is 11.9 Å². The fourth-order valence-corrected chi connectivity index (χ4v) is 2.22. The molecule has 1 aliphatic carbocycles. The lowest BCUT2D eigenvalue weighted by Gasteiger charge is -2.27. The summed E-state index contributed by atoms with van der Waals surface area (Å²) < 4.78 is 0. The van der Waals surface area contributed by atoms with E-state index >= 15 is 0 Å². The second-order valence-electron chi connectivity index (χ2n) is 4.71. The molecule has 1 aliphatic rings. The molecule has 0 atom stereocenters. The molecular formula is C12H24N4O2. The lowest BCUT2D eigenvalue weighted by Crippen LogP contribution is -2.46. The highest BCUT2D eigenvalue weighted by molar-refractivity contribution is 5.81. The van der Waals surface area contributed by atoms with Crippen LogP contribution in [0.5, 0.6) is 0 Å². The number of carbonyl (C=O) groups excluding carboxylic acids is 1. The van der Waals surface area contributed by atoms with E-state index in [4.69, 9.17) is 10.9 Å². The van der Waals surface area contributed by atoms with E-state index in [0.29, 0.717) is 25.6 Å². The number of amides is 2. The molecule has 4 N–H and O–H groups in total. The van der Waals surface area contributed by atoms with Crippen molar-refractivity contribution in [1.29, 1.82) is 0 Å². The molecule has 0 unspecified atom stereocenters. The lowest BCUT2D eigenvalue weighted by molar-refractivity contribution is 0.193. The van der Waals surface area contributed by atoms with Crippen LogP contribution in [-0.4, -0.2) is 41.1 Å². The minimum Gasteiger partial charge on any atom is -0.409 e. The number of oxime groups is 1. The van der Waals surface area contributed by atoms with Crippen molar-refractivity contribution in [2.75, 3.05) is 13.1 Å². The molecule has 0 spiro atoms. The van der Waals surface area contributed by atoms with Crippen molar-refractivity contribution in [2.24, 2.45) is 10.9 Å². The van der Waals surface area contributed by atoms with Crippen molar-refractivity contribution in [1.82, 2.24) is 10.2 Å². The van der Waals surface area contributed by atoms with Crippen LogP contribution in [0.15, 0.2) is 5.16 Å². The Hall–Kier alpha value is -1.46. The second kappa shape index (κ2) is 7.79. The Balaban J connectivity index is 2.36. The van der Waals surface area contributed by atoms with E-state index in [1.54, 1.807) is 4.90 Å². The van der Waals surface area contributed by atoms with E-state index < -0.39 is 0 Å². The van der Waals surface area contributed by atoms with Crippen molar-refractivity contribution in [2.45, 2.75) is 51.5 Å². The maximum absolute atomic E-state index is 12.0. The van der Waals surface area contributed by atoms with Crippen molar-refractivity contribution >= 4 is 11.9 Å². The topological polar surface area (TPSA) is 90.9 Å². The summed E-state index contributed by atoms with van der Waals surface area (Å²) in [6, 6.07) is 0.263. The molecule has 0 radical (unpaired) electrons. The van der Waals surface area contributed by atoms with Crippen LogP contribution in [0.3, 0.4) is 0 Å². The van der Waals surface area contributed by atoms with E-state index in [1.807, 2.05) is 6.92 Å². The van der Waals surface area contributed by atoms with Crippen LogP contribution in [0.1, 0.15) is 45.4 Å². The molecule has 0 aromatic rings. The summed E-state index contributed by atoms with van der Waals surface area (Å²) in [6.07, 6.45) is 6.20. The third-order valence-corrected chi connectivity index (χ3v) is 3.37. The van der Waals surface area contributed by atoms with Crippen LogP contribution in [-0.2, 0) is 0 Å². The number of nitrogens with two attached hydrogens (primary N) is 1. The van der Waals surface area contributed by atoms with Gasteiger partial charge in [0.2, 0.25) is 0 Å². The summed E-state index contributed by atoms with van der Waals surface area (Å²) in [5.41, 5.74) is 5.40. The first kappa shape index (κ1) is 14.6. The number of nitrogens with zero attached hydrogens (tertiary/aromatic N) is 2. The van der Waals surface area contributed by atoms with Crippen LogP contribution in [0.25, 0.3) is 0 Å². The molecule has 0 bridgehead atoms. The van der Waals surface area contributed by atoms with Gasteiger partial charge < -0.3 is 21.2 Å². The zero-order valence-corrected chi connectivity index (χ0v) is 11.1. The Morgan fingerprint density at radius 3 is 2.67 bits per heavy atom. The number of nitrogens with one attached hydrogen (secondary N) is 1. The van der Waals surface area contributed by atoms with Gasteiger partial charge in [-0.1, -0.05) is 24.4 Å². The SMILES string of the molecule is CCN(CCC(N)=NO)C(=O)NC1CCCCC1. The van der Waals surface area contributed by atoms with Gasteiger partial charge in [0.25, 0.3) is 0 Å². The van der Waals surface area contributed by atoms with Crippen LogP contribution in [0.2, 0.25) is 0 Å². The minimum absolute atomic E-state index is 0.0462. The molecule has 0 heterocycles. The van der Waals surface area contributed by atoms with Crippen molar-refractivity contribution in [3.05, 3.63) is 0 Å². The predicted octanol–water partition coefficient (Wildman–Crippen LogP) is 1.49. The maximum Gasteiger partial charge on any atom is 0.317 e. The average molecular weight is 256 g/mol. The van der Waals surface area contributed by atoms with Crippen LogP contribution in [0.4, 0.5) is 4.79 Å². The van der Waals surface area contributed by atoms with E-state index in [2.05, 4.69) is 10.5 Å². The van der Waals surface area contributed by atoms with Crippen LogP contribution < -0.4 is 11.1 Å². The number of urea groups is 1. The zero-order valence-electron chi connectivity index (χ0n) is 11.1. The Morgan fingerprint density at radius 1 is 1.44 bits per heavy atom. The largest absolute Gasteiger partial charge is 0.409 e. The minimum atomic E-state index is -0.0462. The zero-order chi connectivity index (χ0) is 13.4. The molecule has 1 rings (SSSR count). The highest BCUT2D eigenvalue weighted by Crippen LogP contribution is 2.17. The first-order chi connectivity index (χ1) is 8.67. The fraction of sp³-hybridized carbons (Fsp3) is 0.833. The summed E-state index contributed by atoms with van der Waals surface area (Å²) >= 11 is 0. The van der Waals surface area contributed by atoms with Gasteiger partial charge in [-0.15, -0.1) is 0 Å². The van der Waals surface area contributed by atoms with E-state index in [9.17, 15) is 4.79 Å².